The molecule has 1 N–H and O–H groups in total. The maximum atomic E-state index is 12.9. The van der Waals surface area contributed by atoms with Gasteiger partial charge >= 0.3 is 0 Å². The first-order valence-corrected chi connectivity index (χ1v) is 10.6. The summed E-state index contributed by atoms with van der Waals surface area (Å²) in [6, 6.07) is 4.44. The van der Waals surface area contributed by atoms with Crippen LogP contribution in [-0.4, -0.2) is 77.2 Å². The van der Waals surface area contributed by atoms with E-state index >= 15 is 0 Å². The number of likely N-dealkylation sites (tertiary alicyclic amines) is 1. The van der Waals surface area contributed by atoms with E-state index in [2.05, 4.69) is 46.1 Å². The van der Waals surface area contributed by atoms with Crippen LogP contribution in [0.4, 0.5) is 5.69 Å². The molecule has 2 aliphatic heterocycles. The van der Waals surface area contributed by atoms with Gasteiger partial charge in [0.2, 0.25) is 5.91 Å². The van der Waals surface area contributed by atoms with Crippen molar-refractivity contribution >= 4 is 11.6 Å². The molecule has 0 unspecified atom stereocenters. The molecular formula is C22H32N6O. The maximum Gasteiger partial charge on any atom is 0.227 e. The van der Waals surface area contributed by atoms with Crippen molar-refractivity contribution < 1.29 is 4.79 Å². The number of nitrogens with one attached hydrogen (secondary N) is 1. The number of pyridine rings is 1. The number of likely N-dealkylation sites (N-methyl/N-ethyl adjacent to an activating group) is 1. The fourth-order valence-corrected chi connectivity index (χ4v) is 4.46. The number of hydrogen-bond acceptors (Lipinski definition) is 5. The first kappa shape index (κ1) is 19.9. The zero-order valence-electron chi connectivity index (χ0n) is 18.0. The molecule has 156 valence electrons. The standard InChI is InChI=1S/C22H32N6O/c1-15-11-19(27-9-7-26(4)8-10-27)12-21(23-15)18-5-6-28(14-18)22(29)13-20-16(2)24-25-17(20)3/h11-12,18H,5-10,13-14H2,1-4H3,(H,24,25)/t18-/m1/s1. The van der Waals surface area contributed by atoms with E-state index in [9.17, 15) is 4.79 Å². The topological polar surface area (TPSA) is 68.4 Å². The normalized spacial score (nSPS) is 20.5. The number of aromatic amines is 1. The van der Waals surface area contributed by atoms with Gasteiger partial charge in [0, 0.05) is 73.5 Å². The van der Waals surface area contributed by atoms with Crippen molar-refractivity contribution in [1.29, 1.82) is 0 Å². The molecule has 0 aliphatic carbocycles. The molecular weight excluding hydrogens is 364 g/mol. The predicted octanol–water partition coefficient (Wildman–Crippen LogP) is 2.04. The summed E-state index contributed by atoms with van der Waals surface area (Å²) >= 11 is 0. The Bertz CT molecular complexity index is 864. The average molecular weight is 397 g/mol. The lowest BCUT2D eigenvalue weighted by molar-refractivity contribution is -0.129. The van der Waals surface area contributed by atoms with Crippen molar-refractivity contribution in [3.05, 3.63) is 40.5 Å². The molecule has 1 atom stereocenters. The molecule has 29 heavy (non-hydrogen) atoms. The molecule has 4 heterocycles. The zero-order valence-corrected chi connectivity index (χ0v) is 18.0. The number of aryl methyl sites for hydroxylation is 3. The minimum atomic E-state index is 0.187. The van der Waals surface area contributed by atoms with Crippen LogP contribution in [0.25, 0.3) is 0 Å². The second-order valence-corrected chi connectivity index (χ2v) is 8.60. The molecule has 0 spiro atoms. The van der Waals surface area contributed by atoms with Crippen molar-refractivity contribution in [2.75, 3.05) is 51.2 Å². The molecule has 2 aromatic heterocycles. The number of carbonyl (C=O) groups excluding carboxylic acids is 1. The molecule has 0 aromatic carbocycles. The number of anilines is 1. The molecule has 2 aromatic rings. The highest BCUT2D eigenvalue weighted by atomic mass is 16.2. The van der Waals surface area contributed by atoms with Gasteiger partial charge in [-0.1, -0.05) is 0 Å². The monoisotopic (exact) mass is 396 g/mol. The lowest BCUT2D eigenvalue weighted by Crippen LogP contribution is -2.44. The van der Waals surface area contributed by atoms with Crippen molar-refractivity contribution in [2.45, 2.75) is 39.5 Å². The van der Waals surface area contributed by atoms with Crippen LogP contribution in [-0.2, 0) is 11.2 Å². The van der Waals surface area contributed by atoms with Crippen LogP contribution in [0.3, 0.4) is 0 Å². The van der Waals surface area contributed by atoms with Gasteiger partial charge in [-0.3, -0.25) is 14.9 Å². The molecule has 0 radical (unpaired) electrons. The van der Waals surface area contributed by atoms with Crippen LogP contribution >= 0.6 is 0 Å². The van der Waals surface area contributed by atoms with Crippen LogP contribution in [0.5, 0.6) is 0 Å². The van der Waals surface area contributed by atoms with Gasteiger partial charge in [-0.15, -0.1) is 0 Å². The van der Waals surface area contributed by atoms with Gasteiger partial charge in [0.25, 0.3) is 0 Å². The largest absolute Gasteiger partial charge is 0.369 e. The van der Waals surface area contributed by atoms with Gasteiger partial charge in [-0.25, -0.2) is 0 Å². The number of aromatic nitrogens is 3. The van der Waals surface area contributed by atoms with Gasteiger partial charge < -0.3 is 14.7 Å². The minimum Gasteiger partial charge on any atom is -0.369 e. The highest BCUT2D eigenvalue weighted by molar-refractivity contribution is 5.79. The molecule has 0 bridgehead atoms. The number of rotatable bonds is 4. The number of nitrogens with zero attached hydrogens (tertiary/aromatic N) is 5. The Kier molecular flexibility index (Phi) is 5.58. The third-order valence-corrected chi connectivity index (χ3v) is 6.39. The summed E-state index contributed by atoms with van der Waals surface area (Å²) in [4.78, 5) is 24.5. The molecule has 2 saturated heterocycles. The summed E-state index contributed by atoms with van der Waals surface area (Å²) in [5.41, 5.74) is 6.41. The van der Waals surface area contributed by atoms with Crippen LogP contribution in [0.2, 0.25) is 0 Å². The van der Waals surface area contributed by atoms with Crippen LogP contribution in [0.15, 0.2) is 12.1 Å². The predicted molar refractivity (Wildman–Crippen MR) is 114 cm³/mol. The number of H-pyrrole nitrogens is 1. The first-order valence-electron chi connectivity index (χ1n) is 10.6. The van der Waals surface area contributed by atoms with E-state index in [1.54, 1.807) is 0 Å². The van der Waals surface area contributed by atoms with Crippen molar-refractivity contribution in [3.63, 3.8) is 0 Å². The zero-order chi connectivity index (χ0) is 20.5. The highest BCUT2D eigenvalue weighted by Crippen LogP contribution is 2.30. The SMILES string of the molecule is Cc1cc(N2CCN(C)CC2)cc([C@@H]2CCN(C(=O)Cc3c(C)n[nH]c3C)C2)n1. The third kappa shape index (κ3) is 4.29. The molecule has 2 fully saturated rings. The summed E-state index contributed by atoms with van der Waals surface area (Å²) < 4.78 is 0. The smallest absolute Gasteiger partial charge is 0.227 e. The highest BCUT2D eigenvalue weighted by Gasteiger charge is 2.29. The van der Waals surface area contributed by atoms with E-state index in [-0.39, 0.29) is 5.91 Å². The maximum absolute atomic E-state index is 12.9. The fraction of sp³-hybridized carbons (Fsp3) is 0.591. The van der Waals surface area contributed by atoms with Crippen LogP contribution < -0.4 is 4.90 Å². The molecule has 2 aliphatic rings. The number of amides is 1. The van der Waals surface area contributed by atoms with Crippen molar-refractivity contribution in [2.24, 2.45) is 0 Å². The molecule has 0 saturated carbocycles. The van der Waals surface area contributed by atoms with Crippen molar-refractivity contribution in [3.8, 4) is 0 Å². The van der Waals surface area contributed by atoms with Crippen LogP contribution in [0.1, 0.15) is 40.7 Å². The van der Waals surface area contributed by atoms with E-state index in [1.807, 2.05) is 18.7 Å². The van der Waals surface area contributed by atoms with Gasteiger partial charge in [0.15, 0.2) is 0 Å². The average Bonchev–Trinajstić information content (AvgIpc) is 3.31. The molecule has 1 amide bonds. The Morgan fingerprint density at radius 3 is 2.59 bits per heavy atom. The van der Waals surface area contributed by atoms with E-state index in [0.29, 0.717) is 12.3 Å². The minimum absolute atomic E-state index is 0.187. The summed E-state index contributed by atoms with van der Waals surface area (Å²) in [7, 11) is 2.18. The van der Waals surface area contributed by atoms with Crippen molar-refractivity contribution in [1.82, 2.24) is 25.0 Å². The van der Waals surface area contributed by atoms with E-state index in [0.717, 1.165) is 74.0 Å². The Balaban J connectivity index is 1.44. The molecule has 7 heteroatoms. The fourth-order valence-electron chi connectivity index (χ4n) is 4.46. The Morgan fingerprint density at radius 1 is 1.14 bits per heavy atom. The molecule has 7 nitrogen and oxygen atoms in total. The summed E-state index contributed by atoms with van der Waals surface area (Å²) in [6.07, 6.45) is 1.41. The number of piperazine rings is 1. The van der Waals surface area contributed by atoms with Gasteiger partial charge in [0.05, 0.1) is 12.1 Å². The Morgan fingerprint density at radius 2 is 1.90 bits per heavy atom. The lowest BCUT2D eigenvalue weighted by atomic mass is 10.0. The van der Waals surface area contributed by atoms with Gasteiger partial charge in [-0.05, 0) is 46.4 Å². The summed E-state index contributed by atoms with van der Waals surface area (Å²) in [5, 5.41) is 7.19. The Hall–Kier alpha value is -2.41. The van der Waals surface area contributed by atoms with Gasteiger partial charge in [0.1, 0.15) is 0 Å². The Labute approximate surface area is 173 Å². The molecule has 4 rings (SSSR count). The first-order chi connectivity index (χ1) is 13.9. The number of carbonyl (C=O) groups is 1. The third-order valence-electron chi connectivity index (χ3n) is 6.39. The van der Waals surface area contributed by atoms with E-state index < -0.39 is 0 Å². The van der Waals surface area contributed by atoms with Crippen LogP contribution in [0, 0.1) is 20.8 Å². The van der Waals surface area contributed by atoms with E-state index in [4.69, 9.17) is 4.98 Å². The van der Waals surface area contributed by atoms with Gasteiger partial charge in [-0.2, -0.15) is 5.10 Å². The van der Waals surface area contributed by atoms with E-state index in [1.165, 1.54) is 5.69 Å². The quantitative estimate of drug-likeness (QED) is 0.857. The second-order valence-electron chi connectivity index (χ2n) is 8.60. The lowest BCUT2D eigenvalue weighted by Gasteiger charge is -2.34. The number of hydrogen-bond donors (Lipinski definition) is 1. The summed E-state index contributed by atoms with van der Waals surface area (Å²) in [6.45, 7) is 11.9. The summed E-state index contributed by atoms with van der Waals surface area (Å²) in [5.74, 6) is 0.503. The second kappa shape index (κ2) is 8.14.